The Kier molecular flexibility index (Phi) is 3.73. The Labute approximate surface area is 146 Å². The van der Waals surface area contributed by atoms with Crippen LogP contribution in [0, 0.1) is 0 Å². The van der Waals surface area contributed by atoms with Crippen LogP contribution in [-0.4, -0.2) is 17.9 Å². The van der Waals surface area contributed by atoms with Gasteiger partial charge < -0.3 is 10.2 Å². The number of anilines is 2. The number of amides is 2. The highest BCUT2D eigenvalue weighted by atomic mass is 16.2. The maximum Gasteiger partial charge on any atom is 0.316 e. The van der Waals surface area contributed by atoms with Crippen LogP contribution in [0.4, 0.5) is 11.4 Å². The van der Waals surface area contributed by atoms with Crippen molar-refractivity contribution in [2.24, 2.45) is 0 Å². The molecule has 0 bridgehead atoms. The summed E-state index contributed by atoms with van der Waals surface area (Å²) >= 11 is 0. The van der Waals surface area contributed by atoms with Crippen LogP contribution >= 0.6 is 0 Å². The minimum atomic E-state index is -0.611. The molecule has 2 amide bonds. The van der Waals surface area contributed by atoms with Gasteiger partial charge in [-0.2, -0.15) is 0 Å². The summed E-state index contributed by atoms with van der Waals surface area (Å²) in [6, 6.07) is 21.1. The van der Waals surface area contributed by atoms with E-state index in [2.05, 4.69) is 5.32 Å². The molecule has 0 saturated heterocycles. The normalized spacial score (nSPS) is 15.9. The lowest BCUT2D eigenvalue weighted by Gasteiger charge is -2.22. The van der Waals surface area contributed by atoms with E-state index >= 15 is 0 Å². The van der Waals surface area contributed by atoms with Crippen molar-refractivity contribution in [3.63, 3.8) is 0 Å². The number of carbonyl (C=O) groups excluding carboxylic acids is 2. The van der Waals surface area contributed by atoms with Gasteiger partial charge in [0.2, 0.25) is 0 Å². The monoisotopic (exact) mass is 330 g/mol. The molecule has 1 unspecified atom stereocenters. The molecule has 124 valence electrons. The van der Waals surface area contributed by atoms with Crippen molar-refractivity contribution in [3.8, 4) is 0 Å². The molecule has 4 rings (SSSR count). The fraction of sp³-hybridized carbons (Fsp3) is 0.143. The zero-order chi connectivity index (χ0) is 17.4. The van der Waals surface area contributed by atoms with Crippen LogP contribution in [0.5, 0.6) is 0 Å². The molecule has 3 aromatic rings. The van der Waals surface area contributed by atoms with Gasteiger partial charge >= 0.3 is 11.8 Å². The van der Waals surface area contributed by atoms with Crippen molar-refractivity contribution in [2.45, 2.75) is 19.4 Å². The average molecular weight is 330 g/mol. The second-order valence-corrected chi connectivity index (χ2v) is 6.34. The molecule has 0 spiro atoms. The van der Waals surface area contributed by atoms with Crippen LogP contribution in [0.3, 0.4) is 0 Å². The summed E-state index contributed by atoms with van der Waals surface area (Å²) < 4.78 is 0. The summed E-state index contributed by atoms with van der Waals surface area (Å²) in [6.45, 7) is 1.96. The van der Waals surface area contributed by atoms with Crippen LogP contribution in [0.2, 0.25) is 0 Å². The molecule has 0 aliphatic carbocycles. The molecule has 1 aliphatic rings. The Bertz CT molecular complexity index is 975. The summed E-state index contributed by atoms with van der Waals surface area (Å²) in [5.74, 6) is -1.13. The SMILES string of the molecule is CC1Cc2ccccc2N1C(=O)C(=O)Nc1cccc2ccccc12. The van der Waals surface area contributed by atoms with Gasteiger partial charge in [-0.3, -0.25) is 9.59 Å². The van der Waals surface area contributed by atoms with Gasteiger partial charge in [0, 0.05) is 22.8 Å². The lowest BCUT2D eigenvalue weighted by atomic mass is 10.1. The van der Waals surface area contributed by atoms with Gasteiger partial charge in [-0.05, 0) is 36.4 Å². The molecule has 1 heterocycles. The molecule has 0 saturated carbocycles. The van der Waals surface area contributed by atoms with Crippen LogP contribution in [-0.2, 0) is 16.0 Å². The van der Waals surface area contributed by atoms with E-state index in [1.54, 1.807) is 4.90 Å². The van der Waals surface area contributed by atoms with E-state index < -0.39 is 11.8 Å². The number of rotatable bonds is 1. The Morgan fingerprint density at radius 2 is 1.68 bits per heavy atom. The number of nitrogens with zero attached hydrogens (tertiary/aromatic N) is 1. The van der Waals surface area contributed by atoms with Gasteiger partial charge in [0.15, 0.2) is 0 Å². The minimum Gasteiger partial charge on any atom is -0.317 e. The molecule has 1 atom stereocenters. The third-order valence-corrected chi connectivity index (χ3v) is 4.66. The van der Waals surface area contributed by atoms with Crippen LogP contribution in [0.25, 0.3) is 10.8 Å². The first kappa shape index (κ1) is 15.4. The molecule has 4 heteroatoms. The first-order chi connectivity index (χ1) is 12.1. The lowest BCUT2D eigenvalue weighted by Crippen LogP contribution is -2.43. The van der Waals surface area contributed by atoms with E-state index in [0.29, 0.717) is 5.69 Å². The fourth-order valence-corrected chi connectivity index (χ4v) is 3.49. The molecule has 4 nitrogen and oxygen atoms in total. The van der Waals surface area contributed by atoms with Crippen molar-refractivity contribution in [1.82, 2.24) is 0 Å². The molecule has 1 N–H and O–H groups in total. The van der Waals surface area contributed by atoms with E-state index in [1.807, 2.05) is 73.7 Å². The molecular weight excluding hydrogens is 312 g/mol. The largest absolute Gasteiger partial charge is 0.317 e. The van der Waals surface area contributed by atoms with Crippen LogP contribution in [0.15, 0.2) is 66.7 Å². The van der Waals surface area contributed by atoms with E-state index in [0.717, 1.165) is 28.4 Å². The van der Waals surface area contributed by atoms with E-state index in [-0.39, 0.29) is 6.04 Å². The molecule has 1 aliphatic heterocycles. The predicted molar refractivity (Wildman–Crippen MR) is 99.7 cm³/mol. The smallest absolute Gasteiger partial charge is 0.316 e. The first-order valence-electron chi connectivity index (χ1n) is 8.35. The highest BCUT2D eigenvalue weighted by Gasteiger charge is 2.34. The maximum atomic E-state index is 12.8. The first-order valence-corrected chi connectivity index (χ1v) is 8.35. The van der Waals surface area contributed by atoms with Crippen LogP contribution in [0.1, 0.15) is 12.5 Å². The molecule has 0 radical (unpaired) electrons. The Balaban J connectivity index is 1.62. The van der Waals surface area contributed by atoms with Crippen molar-refractivity contribution < 1.29 is 9.59 Å². The molecule has 3 aromatic carbocycles. The standard InChI is InChI=1S/C21H18N2O2/c1-14-13-16-8-3-5-12-19(16)23(14)21(25)20(24)22-18-11-6-9-15-7-2-4-10-17(15)18/h2-12,14H,13H2,1H3,(H,22,24). The van der Waals surface area contributed by atoms with E-state index in [9.17, 15) is 9.59 Å². The average Bonchev–Trinajstić information content (AvgIpc) is 2.97. The molecule has 0 fully saturated rings. The summed E-state index contributed by atoms with van der Waals surface area (Å²) in [5, 5.41) is 4.72. The zero-order valence-corrected chi connectivity index (χ0v) is 13.9. The highest BCUT2D eigenvalue weighted by Crippen LogP contribution is 2.32. The second-order valence-electron chi connectivity index (χ2n) is 6.34. The van der Waals surface area contributed by atoms with Gasteiger partial charge in [-0.25, -0.2) is 0 Å². The van der Waals surface area contributed by atoms with E-state index in [1.165, 1.54) is 0 Å². The van der Waals surface area contributed by atoms with Crippen molar-refractivity contribution in [2.75, 3.05) is 10.2 Å². The van der Waals surface area contributed by atoms with Gasteiger partial charge in [0.05, 0.1) is 0 Å². The number of fused-ring (bicyclic) bond motifs is 2. The van der Waals surface area contributed by atoms with Crippen molar-refractivity contribution in [3.05, 3.63) is 72.3 Å². The fourth-order valence-electron chi connectivity index (χ4n) is 3.49. The Morgan fingerprint density at radius 1 is 0.960 bits per heavy atom. The second kappa shape index (κ2) is 6.06. The summed E-state index contributed by atoms with van der Waals surface area (Å²) in [7, 11) is 0. The number of hydrogen-bond acceptors (Lipinski definition) is 2. The minimum absolute atomic E-state index is 0.0248. The summed E-state index contributed by atoms with van der Waals surface area (Å²) in [6.07, 6.45) is 0.767. The van der Waals surface area contributed by atoms with Crippen molar-refractivity contribution >= 4 is 34.0 Å². The third kappa shape index (κ3) is 2.66. The van der Waals surface area contributed by atoms with Gasteiger partial charge in [0.25, 0.3) is 0 Å². The lowest BCUT2D eigenvalue weighted by molar-refractivity contribution is -0.134. The maximum absolute atomic E-state index is 12.8. The molecule has 0 aromatic heterocycles. The molecule has 25 heavy (non-hydrogen) atoms. The topological polar surface area (TPSA) is 49.4 Å². The van der Waals surface area contributed by atoms with Gasteiger partial charge in [-0.15, -0.1) is 0 Å². The zero-order valence-electron chi connectivity index (χ0n) is 13.9. The van der Waals surface area contributed by atoms with Crippen LogP contribution < -0.4 is 10.2 Å². The third-order valence-electron chi connectivity index (χ3n) is 4.66. The number of benzene rings is 3. The number of carbonyl (C=O) groups is 2. The van der Waals surface area contributed by atoms with Gasteiger partial charge in [0.1, 0.15) is 0 Å². The number of para-hydroxylation sites is 1. The Hall–Kier alpha value is -3.14. The van der Waals surface area contributed by atoms with E-state index in [4.69, 9.17) is 0 Å². The quantitative estimate of drug-likeness (QED) is 0.691. The predicted octanol–water partition coefficient (Wildman–Crippen LogP) is 3.76. The Morgan fingerprint density at radius 3 is 2.56 bits per heavy atom. The van der Waals surface area contributed by atoms with Crippen molar-refractivity contribution in [1.29, 1.82) is 0 Å². The van der Waals surface area contributed by atoms with Gasteiger partial charge in [-0.1, -0.05) is 54.6 Å². The summed E-state index contributed by atoms with van der Waals surface area (Å²) in [4.78, 5) is 27.0. The number of hydrogen-bond donors (Lipinski definition) is 1. The highest BCUT2D eigenvalue weighted by molar-refractivity contribution is 6.45. The summed E-state index contributed by atoms with van der Waals surface area (Å²) in [5.41, 5.74) is 2.57. The molecular formula is C21H18N2O2. The number of nitrogens with one attached hydrogen (secondary N) is 1.